The summed E-state index contributed by atoms with van der Waals surface area (Å²) in [7, 11) is 0. The van der Waals surface area contributed by atoms with Gasteiger partial charge in [-0.3, -0.25) is 4.79 Å². The summed E-state index contributed by atoms with van der Waals surface area (Å²) >= 11 is 1.48. The molecule has 0 spiro atoms. The highest BCUT2D eigenvalue weighted by atomic mass is 32.2. The molecule has 57 heavy (non-hydrogen) atoms. The van der Waals surface area contributed by atoms with E-state index in [0.29, 0.717) is 24.6 Å². The highest BCUT2D eigenvalue weighted by Gasteiger charge is 2.19. The molecule has 0 fully saturated rings. The van der Waals surface area contributed by atoms with E-state index in [4.69, 9.17) is 14.2 Å². The van der Waals surface area contributed by atoms with E-state index < -0.39 is 23.9 Å². The minimum absolute atomic E-state index is 0.0311. The fraction of sp³-hybridized carbons (Fsp3) is 0.938. The smallest absolute Gasteiger partial charge is 0.407 e. The molecule has 0 heterocycles. The molecule has 0 radical (unpaired) electrons. The number of hydrogen-bond acceptors (Lipinski definition) is 7. The Morgan fingerprint density at radius 2 is 0.825 bits per heavy atom. The number of rotatable bonds is 42. The molecule has 0 aliphatic heterocycles. The van der Waals surface area contributed by atoms with Crippen molar-refractivity contribution >= 4 is 29.9 Å². The highest BCUT2D eigenvalue weighted by Crippen LogP contribution is 2.16. The quantitative estimate of drug-likeness (QED) is 0.0359. The largest absolute Gasteiger partial charge is 0.460 e. The van der Waals surface area contributed by atoms with Gasteiger partial charge in [0.1, 0.15) is 18.3 Å². The van der Waals surface area contributed by atoms with Gasteiger partial charge in [0.05, 0.1) is 6.42 Å². The van der Waals surface area contributed by atoms with Crippen LogP contribution < -0.4 is 10.6 Å². The average Bonchev–Trinajstić information content (AvgIpc) is 3.17. The summed E-state index contributed by atoms with van der Waals surface area (Å²) in [5, 5.41) is 5.72. The van der Waals surface area contributed by atoms with E-state index in [1.54, 1.807) is 0 Å². The van der Waals surface area contributed by atoms with Gasteiger partial charge in [-0.1, -0.05) is 206 Å². The molecule has 0 saturated heterocycles. The van der Waals surface area contributed by atoms with Gasteiger partial charge in [-0.25, -0.2) is 9.59 Å². The van der Waals surface area contributed by atoms with Crippen LogP contribution in [0.2, 0.25) is 0 Å². The number of thioether (sulfide) groups is 1. The third-order valence-corrected chi connectivity index (χ3v) is 11.5. The third kappa shape index (κ3) is 45.3. The van der Waals surface area contributed by atoms with Crippen LogP contribution in [0, 0.1) is 0 Å². The lowest BCUT2D eigenvalue weighted by molar-refractivity contribution is -0.154. The number of carbonyl (C=O) groups excluding carboxylic acids is 3. The van der Waals surface area contributed by atoms with Crippen LogP contribution >= 0.6 is 11.8 Å². The highest BCUT2D eigenvalue weighted by molar-refractivity contribution is 7.99. The van der Waals surface area contributed by atoms with Crippen LogP contribution in [-0.4, -0.2) is 61.1 Å². The molecular weight excluding hydrogens is 733 g/mol. The maximum absolute atomic E-state index is 12.6. The molecule has 0 aliphatic carbocycles. The number of unbranched alkanes of at least 4 members (excludes halogenated alkanes) is 30. The van der Waals surface area contributed by atoms with Crippen molar-refractivity contribution < 1.29 is 28.6 Å². The van der Waals surface area contributed by atoms with Crippen molar-refractivity contribution in [3.63, 3.8) is 0 Å². The zero-order valence-electron chi connectivity index (χ0n) is 38.3. The predicted octanol–water partition coefficient (Wildman–Crippen LogP) is 14.8. The monoisotopic (exact) mass is 827 g/mol. The Bertz CT molecular complexity index is 899. The molecule has 2 N–H and O–H groups in total. The molecule has 0 saturated carbocycles. The summed E-state index contributed by atoms with van der Waals surface area (Å²) in [6.07, 6.45) is 40.6. The Labute approximate surface area is 357 Å². The van der Waals surface area contributed by atoms with Gasteiger partial charge >= 0.3 is 18.2 Å². The van der Waals surface area contributed by atoms with E-state index >= 15 is 0 Å². The van der Waals surface area contributed by atoms with Gasteiger partial charge in [0.25, 0.3) is 0 Å². The summed E-state index contributed by atoms with van der Waals surface area (Å²) in [5.41, 5.74) is -0.523. The molecule has 0 bridgehead atoms. The van der Waals surface area contributed by atoms with E-state index in [1.807, 2.05) is 20.8 Å². The van der Waals surface area contributed by atoms with Gasteiger partial charge < -0.3 is 24.8 Å². The van der Waals surface area contributed by atoms with Crippen LogP contribution in [0.4, 0.5) is 9.59 Å². The van der Waals surface area contributed by atoms with Gasteiger partial charge in [-0.05, 0) is 33.6 Å². The number of ether oxygens (including phenoxy) is 3. The molecule has 1 atom stereocenters. The summed E-state index contributed by atoms with van der Waals surface area (Å²) in [4.78, 5) is 37.2. The Hall–Kier alpha value is -1.64. The molecule has 9 heteroatoms. The summed E-state index contributed by atoms with van der Waals surface area (Å²) in [6, 6.07) is 0. The van der Waals surface area contributed by atoms with Crippen molar-refractivity contribution in [1.82, 2.24) is 10.6 Å². The number of amides is 2. The van der Waals surface area contributed by atoms with Crippen molar-refractivity contribution in [1.29, 1.82) is 0 Å². The maximum atomic E-state index is 12.6. The second-order valence-electron chi connectivity index (χ2n) is 17.5. The Morgan fingerprint density at radius 1 is 0.491 bits per heavy atom. The lowest BCUT2D eigenvalue weighted by Gasteiger charge is -2.20. The van der Waals surface area contributed by atoms with Crippen LogP contribution in [0.1, 0.15) is 247 Å². The first-order valence-corrected chi connectivity index (χ1v) is 25.5. The van der Waals surface area contributed by atoms with Crippen molar-refractivity contribution in [2.24, 2.45) is 0 Å². The zero-order valence-corrected chi connectivity index (χ0v) is 39.1. The van der Waals surface area contributed by atoms with Crippen LogP contribution in [0.15, 0.2) is 0 Å². The predicted molar refractivity (Wildman–Crippen MR) is 245 cm³/mol. The Kier molecular flexibility index (Phi) is 41.3. The molecule has 0 aromatic carbocycles. The SMILES string of the molecule is CCCCCCCCCCCCCCCCCCNC(=O)OCC(CSCCC(=O)OC(C)(C)C)OC(=O)NCCCCCCCCCCCCCCCCCC. The number of carbonyl (C=O) groups is 3. The van der Waals surface area contributed by atoms with Crippen LogP contribution in [-0.2, 0) is 19.0 Å². The van der Waals surface area contributed by atoms with Crippen molar-refractivity contribution in [2.75, 3.05) is 31.2 Å². The third-order valence-electron chi connectivity index (χ3n) is 10.4. The van der Waals surface area contributed by atoms with Crippen LogP contribution in [0.3, 0.4) is 0 Å². The molecule has 338 valence electrons. The standard InChI is InChI=1S/C48H94N2O6S/c1-6-8-10-12-14-16-18-20-22-24-26-28-30-32-34-36-39-49-46(52)54-42-44(43-57-41-38-45(51)56-48(3,4)5)55-47(53)50-40-37-35-33-31-29-27-25-23-21-19-17-15-13-11-9-7-2/h44H,6-43H2,1-5H3,(H,49,52)(H,50,53). The van der Waals surface area contributed by atoms with Crippen molar-refractivity contribution in [2.45, 2.75) is 258 Å². The first-order chi connectivity index (χ1) is 27.7. The van der Waals surface area contributed by atoms with E-state index in [1.165, 1.54) is 192 Å². The maximum Gasteiger partial charge on any atom is 0.407 e. The Morgan fingerprint density at radius 3 is 1.18 bits per heavy atom. The number of nitrogens with one attached hydrogen (secondary N) is 2. The van der Waals surface area contributed by atoms with E-state index in [0.717, 1.165) is 25.7 Å². The number of hydrogen-bond donors (Lipinski definition) is 2. The summed E-state index contributed by atoms with van der Waals surface area (Å²) < 4.78 is 16.5. The number of esters is 1. The first-order valence-electron chi connectivity index (χ1n) is 24.3. The van der Waals surface area contributed by atoms with Crippen LogP contribution in [0.5, 0.6) is 0 Å². The fourth-order valence-electron chi connectivity index (χ4n) is 7.02. The molecular formula is C48H94N2O6S. The lowest BCUT2D eigenvalue weighted by Crippen LogP contribution is -2.35. The molecule has 1 unspecified atom stereocenters. The number of alkyl carbamates (subject to hydrolysis) is 2. The van der Waals surface area contributed by atoms with E-state index in [9.17, 15) is 14.4 Å². The molecule has 0 rings (SSSR count). The van der Waals surface area contributed by atoms with Crippen molar-refractivity contribution in [3.8, 4) is 0 Å². The summed E-state index contributed by atoms with van der Waals surface area (Å²) in [5.74, 6) is 0.691. The van der Waals surface area contributed by atoms with Gasteiger partial charge in [0, 0.05) is 24.6 Å². The summed E-state index contributed by atoms with van der Waals surface area (Å²) in [6.45, 7) is 11.2. The Balaban J connectivity index is 4.11. The molecule has 8 nitrogen and oxygen atoms in total. The minimum atomic E-state index is -0.610. The fourth-order valence-corrected chi connectivity index (χ4v) is 7.92. The van der Waals surface area contributed by atoms with Crippen LogP contribution in [0.25, 0.3) is 0 Å². The van der Waals surface area contributed by atoms with Gasteiger partial charge in [-0.2, -0.15) is 11.8 Å². The van der Waals surface area contributed by atoms with E-state index in [-0.39, 0.29) is 19.0 Å². The molecule has 2 amide bonds. The first kappa shape index (κ1) is 55.4. The topological polar surface area (TPSA) is 103 Å². The van der Waals surface area contributed by atoms with Gasteiger partial charge in [-0.15, -0.1) is 0 Å². The molecule has 0 aromatic heterocycles. The second-order valence-corrected chi connectivity index (χ2v) is 18.6. The lowest BCUT2D eigenvalue weighted by atomic mass is 10.0. The van der Waals surface area contributed by atoms with Gasteiger partial charge in [0.15, 0.2) is 0 Å². The molecule has 0 aliphatic rings. The van der Waals surface area contributed by atoms with Gasteiger partial charge in [0.2, 0.25) is 0 Å². The average molecular weight is 827 g/mol. The molecule has 0 aromatic rings. The normalized spacial score (nSPS) is 12.0. The van der Waals surface area contributed by atoms with E-state index in [2.05, 4.69) is 24.5 Å². The van der Waals surface area contributed by atoms with Crippen molar-refractivity contribution in [3.05, 3.63) is 0 Å². The minimum Gasteiger partial charge on any atom is -0.460 e. The second kappa shape index (κ2) is 42.5. The zero-order chi connectivity index (χ0) is 41.9.